The molecule has 9 heteroatoms. The molecule has 172 valence electrons. The van der Waals surface area contributed by atoms with Gasteiger partial charge in [0.05, 0.1) is 16.8 Å². The van der Waals surface area contributed by atoms with Gasteiger partial charge in [-0.15, -0.1) is 0 Å². The number of benzene rings is 1. The highest BCUT2D eigenvalue weighted by atomic mass is 16.5. The highest BCUT2D eigenvalue weighted by Crippen LogP contribution is 2.27. The number of pyridine rings is 2. The number of carbonyl (C=O) groups is 1. The molecule has 1 fully saturated rings. The van der Waals surface area contributed by atoms with Crippen LogP contribution in [-0.2, 0) is 11.8 Å². The van der Waals surface area contributed by atoms with E-state index in [0.717, 1.165) is 36.8 Å². The number of amides is 1. The summed E-state index contributed by atoms with van der Waals surface area (Å²) in [5, 5.41) is 3.51. The fraction of sp³-hybridized carbons (Fsp3) is 0.240. The van der Waals surface area contributed by atoms with E-state index in [9.17, 15) is 9.59 Å². The van der Waals surface area contributed by atoms with Crippen molar-refractivity contribution in [1.82, 2.24) is 19.5 Å². The summed E-state index contributed by atoms with van der Waals surface area (Å²) in [6, 6.07) is 12.6. The molecule has 0 atom stereocenters. The third kappa shape index (κ3) is 4.32. The Morgan fingerprint density at radius 2 is 1.82 bits per heavy atom. The monoisotopic (exact) mass is 456 g/mol. The topological polar surface area (TPSA) is 102 Å². The molecule has 4 heterocycles. The van der Waals surface area contributed by atoms with Crippen LogP contribution < -0.4 is 20.5 Å². The van der Waals surface area contributed by atoms with Crippen LogP contribution in [0.4, 0.5) is 11.8 Å². The number of aromatic nitrogens is 4. The van der Waals surface area contributed by atoms with E-state index >= 15 is 0 Å². The Morgan fingerprint density at radius 1 is 1.03 bits per heavy atom. The van der Waals surface area contributed by atoms with E-state index < -0.39 is 0 Å². The van der Waals surface area contributed by atoms with E-state index in [1.165, 1.54) is 6.92 Å². The number of nitrogens with one attached hydrogen (secondary N) is 1. The van der Waals surface area contributed by atoms with Crippen molar-refractivity contribution in [2.45, 2.75) is 19.8 Å². The van der Waals surface area contributed by atoms with Crippen LogP contribution in [0.5, 0.6) is 11.5 Å². The highest BCUT2D eigenvalue weighted by molar-refractivity contribution is 5.87. The first-order chi connectivity index (χ1) is 16.5. The molecule has 0 spiro atoms. The van der Waals surface area contributed by atoms with Gasteiger partial charge in [-0.25, -0.2) is 15.0 Å². The molecule has 1 aliphatic rings. The normalized spacial score (nSPS) is 13.3. The lowest BCUT2D eigenvalue weighted by atomic mass is 10.1. The molecule has 1 saturated heterocycles. The molecule has 0 radical (unpaired) electrons. The van der Waals surface area contributed by atoms with E-state index in [2.05, 4.69) is 25.2 Å². The molecule has 1 aliphatic heterocycles. The zero-order valence-electron chi connectivity index (χ0n) is 19.0. The molecule has 34 heavy (non-hydrogen) atoms. The maximum atomic E-state index is 13.0. The lowest BCUT2D eigenvalue weighted by molar-refractivity contribution is -0.114. The molecule has 5 rings (SSSR count). The minimum atomic E-state index is -0.201. The van der Waals surface area contributed by atoms with Gasteiger partial charge in [0, 0.05) is 50.9 Å². The molecule has 0 aliphatic carbocycles. The number of fused-ring (bicyclic) bond motifs is 1. The van der Waals surface area contributed by atoms with Crippen molar-refractivity contribution in [3.8, 4) is 22.8 Å². The molecule has 1 amide bonds. The number of rotatable bonds is 5. The van der Waals surface area contributed by atoms with Gasteiger partial charge in [0.25, 0.3) is 5.56 Å². The summed E-state index contributed by atoms with van der Waals surface area (Å²) < 4.78 is 7.54. The largest absolute Gasteiger partial charge is 0.457 e. The summed E-state index contributed by atoms with van der Waals surface area (Å²) in [6.07, 6.45) is 5.43. The second-order valence-electron chi connectivity index (χ2n) is 8.24. The van der Waals surface area contributed by atoms with Crippen molar-refractivity contribution in [3.63, 3.8) is 0 Å². The summed E-state index contributed by atoms with van der Waals surface area (Å²) in [4.78, 5) is 39.8. The van der Waals surface area contributed by atoms with Gasteiger partial charge in [-0.05, 0) is 43.2 Å². The first kappa shape index (κ1) is 21.6. The molecule has 9 nitrogen and oxygen atoms in total. The Morgan fingerprint density at radius 3 is 2.62 bits per heavy atom. The van der Waals surface area contributed by atoms with Crippen LogP contribution in [0.2, 0.25) is 0 Å². The molecular weight excluding hydrogens is 432 g/mol. The minimum Gasteiger partial charge on any atom is -0.457 e. The van der Waals surface area contributed by atoms with Gasteiger partial charge in [-0.2, -0.15) is 0 Å². The lowest BCUT2D eigenvalue weighted by Gasteiger charge is -2.19. The van der Waals surface area contributed by atoms with Gasteiger partial charge in [-0.1, -0.05) is 6.07 Å². The molecule has 0 unspecified atom stereocenters. The van der Waals surface area contributed by atoms with Crippen LogP contribution in [0, 0.1) is 0 Å². The molecule has 4 aromatic rings. The summed E-state index contributed by atoms with van der Waals surface area (Å²) in [5.74, 6) is 2.09. The van der Waals surface area contributed by atoms with E-state index in [4.69, 9.17) is 4.74 Å². The lowest BCUT2D eigenvalue weighted by Crippen LogP contribution is -2.30. The van der Waals surface area contributed by atoms with Gasteiger partial charge < -0.3 is 15.0 Å². The van der Waals surface area contributed by atoms with Gasteiger partial charge in [0.1, 0.15) is 17.3 Å². The molecule has 3 aromatic heterocycles. The SMILES string of the molecule is CC(=O)Nc1cc(Oc2ccc3nc(-c4cnc(N5CCCC5)n(C)c4=O)ccc3c2)ccn1. The number of nitrogens with zero attached hydrogens (tertiary/aromatic N) is 5. The zero-order chi connectivity index (χ0) is 23.7. The first-order valence-electron chi connectivity index (χ1n) is 11.1. The number of carbonyl (C=O) groups excluding carboxylic acids is 1. The maximum absolute atomic E-state index is 13.0. The highest BCUT2D eigenvalue weighted by Gasteiger charge is 2.19. The van der Waals surface area contributed by atoms with E-state index in [1.807, 2.05) is 30.3 Å². The van der Waals surface area contributed by atoms with Gasteiger partial charge >= 0.3 is 0 Å². The van der Waals surface area contributed by atoms with Crippen molar-refractivity contribution >= 4 is 28.6 Å². The predicted octanol–water partition coefficient (Wildman–Crippen LogP) is 3.74. The second kappa shape index (κ2) is 8.93. The van der Waals surface area contributed by atoms with E-state index in [1.54, 1.807) is 36.1 Å². The van der Waals surface area contributed by atoms with Crippen LogP contribution in [0.15, 0.2) is 59.7 Å². The van der Waals surface area contributed by atoms with E-state index in [-0.39, 0.29) is 11.5 Å². The zero-order valence-corrected chi connectivity index (χ0v) is 19.0. The van der Waals surface area contributed by atoms with Gasteiger partial charge in [0.15, 0.2) is 0 Å². The van der Waals surface area contributed by atoms with Crippen molar-refractivity contribution in [2.24, 2.45) is 7.05 Å². The van der Waals surface area contributed by atoms with Crippen molar-refractivity contribution in [3.05, 3.63) is 65.2 Å². The Labute approximate surface area is 196 Å². The third-order valence-corrected chi connectivity index (χ3v) is 5.74. The number of hydrogen-bond donors (Lipinski definition) is 1. The number of ether oxygens (including phenoxy) is 1. The Bertz CT molecular complexity index is 1440. The molecule has 0 bridgehead atoms. The maximum Gasteiger partial charge on any atom is 0.264 e. The fourth-order valence-corrected chi connectivity index (χ4v) is 4.10. The van der Waals surface area contributed by atoms with Crippen LogP contribution in [0.3, 0.4) is 0 Å². The predicted molar refractivity (Wildman–Crippen MR) is 130 cm³/mol. The Balaban J connectivity index is 1.41. The molecule has 1 N–H and O–H groups in total. The van der Waals surface area contributed by atoms with Crippen LogP contribution in [0.25, 0.3) is 22.2 Å². The molecule has 0 saturated carbocycles. The number of anilines is 2. The standard InChI is InChI=1S/C25H24N6O3/c1-16(32)28-23-14-19(9-10-26-23)34-18-6-8-21-17(13-18)5-7-22(29-21)20-15-27-25(30(2)24(20)33)31-11-3-4-12-31/h5-10,13-15H,3-4,11-12H2,1-2H3,(H,26,28,32). The molecule has 1 aromatic carbocycles. The Kier molecular flexibility index (Phi) is 5.67. The first-order valence-corrected chi connectivity index (χ1v) is 11.1. The average molecular weight is 457 g/mol. The fourth-order valence-electron chi connectivity index (χ4n) is 4.10. The smallest absolute Gasteiger partial charge is 0.264 e. The number of hydrogen-bond acceptors (Lipinski definition) is 7. The van der Waals surface area contributed by atoms with Gasteiger partial charge in [-0.3, -0.25) is 14.2 Å². The van der Waals surface area contributed by atoms with Crippen molar-refractivity contribution < 1.29 is 9.53 Å². The summed E-state index contributed by atoms with van der Waals surface area (Å²) >= 11 is 0. The third-order valence-electron chi connectivity index (χ3n) is 5.74. The van der Waals surface area contributed by atoms with Crippen LogP contribution in [0.1, 0.15) is 19.8 Å². The quantitative estimate of drug-likeness (QED) is 0.488. The Hall–Kier alpha value is -4.27. The summed E-state index contributed by atoms with van der Waals surface area (Å²) in [5.41, 5.74) is 1.67. The van der Waals surface area contributed by atoms with Crippen molar-refractivity contribution in [1.29, 1.82) is 0 Å². The summed E-state index contributed by atoms with van der Waals surface area (Å²) in [7, 11) is 1.76. The van der Waals surface area contributed by atoms with E-state index in [0.29, 0.717) is 34.5 Å². The van der Waals surface area contributed by atoms with Crippen LogP contribution in [-0.4, -0.2) is 38.5 Å². The second-order valence-corrected chi connectivity index (χ2v) is 8.24. The van der Waals surface area contributed by atoms with Gasteiger partial charge in [0.2, 0.25) is 11.9 Å². The van der Waals surface area contributed by atoms with Crippen LogP contribution >= 0.6 is 0 Å². The minimum absolute atomic E-state index is 0.114. The average Bonchev–Trinajstić information content (AvgIpc) is 3.35. The summed E-state index contributed by atoms with van der Waals surface area (Å²) in [6.45, 7) is 3.27. The van der Waals surface area contributed by atoms with Crippen molar-refractivity contribution in [2.75, 3.05) is 23.3 Å². The molecular formula is C25H24N6O3.